The van der Waals surface area contributed by atoms with Gasteiger partial charge in [-0.25, -0.2) is 4.79 Å². The predicted octanol–water partition coefficient (Wildman–Crippen LogP) is -0.568. The van der Waals surface area contributed by atoms with E-state index >= 15 is 0 Å². The van der Waals surface area contributed by atoms with Crippen LogP contribution < -0.4 is 11.1 Å². The number of carbonyl (C=O) groups is 4. The second-order valence-corrected chi connectivity index (χ2v) is 11.7. The van der Waals surface area contributed by atoms with Crippen LogP contribution in [0.1, 0.15) is 28.8 Å². The molecule has 1 aromatic carbocycles. The van der Waals surface area contributed by atoms with Gasteiger partial charge >= 0.3 is 6.03 Å². The Morgan fingerprint density at radius 3 is 2.29 bits per heavy atom. The summed E-state index contributed by atoms with van der Waals surface area (Å²) in [6, 6.07) is 1.15. The fraction of sp³-hybridized carbons (Fsp3) is 0.500. The van der Waals surface area contributed by atoms with Crippen molar-refractivity contribution in [3.05, 3.63) is 45.9 Å². The van der Waals surface area contributed by atoms with Gasteiger partial charge in [-0.1, -0.05) is 13.0 Å². The molecule has 0 saturated carbocycles. The van der Waals surface area contributed by atoms with Crippen molar-refractivity contribution in [2.45, 2.75) is 30.6 Å². The van der Waals surface area contributed by atoms with Gasteiger partial charge in [0.1, 0.15) is 17.1 Å². The van der Waals surface area contributed by atoms with E-state index in [-0.39, 0.29) is 11.3 Å². The highest BCUT2D eigenvalue weighted by Gasteiger charge is 2.67. The van der Waals surface area contributed by atoms with Crippen molar-refractivity contribution in [1.82, 2.24) is 14.7 Å². The van der Waals surface area contributed by atoms with Crippen molar-refractivity contribution in [1.29, 1.82) is 0 Å². The topological polar surface area (TPSA) is 217 Å². The van der Waals surface area contributed by atoms with Crippen molar-refractivity contribution in [2.75, 3.05) is 52.6 Å². The highest BCUT2D eigenvalue weighted by molar-refractivity contribution is 6.25. The first kappa shape index (κ1) is 29.5. The van der Waals surface area contributed by atoms with Gasteiger partial charge in [0.05, 0.1) is 29.3 Å². The number of carbonyl (C=O) groups excluding carboxylic acids is 4. The first-order chi connectivity index (χ1) is 19.6. The summed E-state index contributed by atoms with van der Waals surface area (Å²) in [5.74, 6) is -9.74. The molecule has 0 bridgehead atoms. The lowest BCUT2D eigenvalue weighted by molar-refractivity contribution is -0.162. The molecule has 0 aromatic heterocycles. The Morgan fingerprint density at radius 1 is 1.10 bits per heavy atom. The highest BCUT2D eigenvalue weighted by atomic mass is 16.4. The van der Waals surface area contributed by atoms with Crippen LogP contribution in [0.2, 0.25) is 0 Å². The van der Waals surface area contributed by atoms with Crippen LogP contribution in [-0.4, -0.2) is 129 Å². The van der Waals surface area contributed by atoms with Crippen LogP contribution >= 0.6 is 0 Å². The molecule has 14 heteroatoms. The van der Waals surface area contributed by atoms with E-state index in [0.29, 0.717) is 31.7 Å². The fourth-order valence-electron chi connectivity index (χ4n) is 6.93. The molecule has 42 heavy (non-hydrogen) atoms. The summed E-state index contributed by atoms with van der Waals surface area (Å²) in [6.07, 6.45) is -1.68. The Hall–Kier alpha value is -3.98. The number of nitrogens with two attached hydrogens (primary N) is 1. The van der Waals surface area contributed by atoms with Crippen molar-refractivity contribution in [3.8, 4) is 5.75 Å². The van der Waals surface area contributed by atoms with E-state index < -0.39 is 87.4 Å². The molecule has 1 aromatic rings. The van der Waals surface area contributed by atoms with Gasteiger partial charge < -0.3 is 46.4 Å². The van der Waals surface area contributed by atoms with E-state index in [1.807, 2.05) is 7.05 Å². The van der Waals surface area contributed by atoms with Crippen molar-refractivity contribution in [2.24, 2.45) is 17.6 Å². The number of urea groups is 1. The summed E-state index contributed by atoms with van der Waals surface area (Å²) in [6.45, 7) is 3.89. The molecule has 3 aliphatic carbocycles. The number of piperazine rings is 1. The maximum absolute atomic E-state index is 14.0. The minimum absolute atomic E-state index is 0.0602. The minimum atomic E-state index is -2.99. The molecule has 0 radical (unpaired) electrons. The molecule has 8 N–H and O–H groups in total. The number of Topliss-reactive ketones (excluding diaryl/α,β-unsaturated/α-hetero) is 2. The Morgan fingerprint density at radius 2 is 1.71 bits per heavy atom. The molecule has 6 atom stereocenters. The van der Waals surface area contributed by atoms with Crippen LogP contribution in [0.15, 0.2) is 34.8 Å². The van der Waals surface area contributed by atoms with Crippen LogP contribution in [0, 0.1) is 11.8 Å². The van der Waals surface area contributed by atoms with Crippen LogP contribution in [-0.2, 0) is 9.59 Å². The van der Waals surface area contributed by atoms with Gasteiger partial charge in [-0.05, 0) is 38.7 Å². The zero-order chi connectivity index (χ0) is 31.0. The maximum Gasteiger partial charge on any atom is 0.322 e. The Balaban J connectivity index is 1.62. The number of aliphatic hydroxyl groups excluding tert-OH is 3. The molecule has 3 amide bonds. The first-order valence-corrected chi connectivity index (χ1v) is 13.6. The average molecular weight is 586 g/mol. The van der Waals surface area contributed by atoms with Crippen LogP contribution in [0.3, 0.4) is 0 Å². The molecule has 0 spiro atoms. The summed E-state index contributed by atoms with van der Waals surface area (Å²) in [4.78, 5) is 57.5. The Bertz CT molecular complexity index is 1460. The molecule has 1 saturated heterocycles. The molecule has 1 aliphatic heterocycles. The normalized spacial score (nSPS) is 31.6. The number of anilines is 1. The Labute approximate surface area is 241 Å². The van der Waals surface area contributed by atoms with E-state index in [1.165, 1.54) is 31.1 Å². The van der Waals surface area contributed by atoms with E-state index in [1.54, 1.807) is 11.8 Å². The lowest BCUT2D eigenvalue weighted by atomic mass is 9.55. The SMILES string of the molecule is CC1c2ccc(NC(=O)N3CCN(C)CC3)c(O)c2C(=O)C2=C(O)C3(O)C(=O)C(C(N)=O)=C(O)C(N(C)C)C3C(O)C21. The lowest BCUT2D eigenvalue weighted by Gasteiger charge is -2.53. The summed E-state index contributed by atoms with van der Waals surface area (Å²) in [5, 5.41) is 59.6. The fourth-order valence-corrected chi connectivity index (χ4v) is 6.93. The molecule has 1 fully saturated rings. The van der Waals surface area contributed by atoms with Crippen LogP contribution in [0.25, 0.3) is 0 Å². The number of benzene rings is 1. The van der Waals surface area contributed by atoms with Gasteiger partial charge in [-0.2, -0.15) is 0 Å². The number of phenols is 1. The number of ketones is 2. The van der Waals surface area contributed by atoms with Crippen molar-refractivity contribution in [3.63, 3.8) is 0 Å². The largest absolute Gasteiger partial charge is 0.510 e. The minimum Gasteiger partial charge on any atom is -0.510 e. The number of aromatic hydroxyl groups is 1. The van der Waals surface area contributed by atoms with Crippen LogP contribution in [0.5, 0.6) is 5.75 Å². The number of hydrogen-bond acceptors (Lipinski definition) is 11. The number of hydrogen-bond donors (Lipinski definition) is 7. The lowest BCUT2D eigenvalue weighted by Crippen LogP contribution is -2.68. The summed E-state index contributed by atoms with van der Waals surface area (Å²) >= 11 is 0. The molecule has 6 unspecified atom stereocenters. The van der Waals surface area contributed by atoms with E-state index in [2.05, 4.69) is 10.2 Å². The summed E-state index contributed by atoms with van der Waals surface area (Å²) < 4.78 is 0. The molecule has 226 valence electrons. The molecule has 4 aliphatic rings. The first-order valence-electron chi connectivity index (χ1n) is 13.6. The predicted molar refractivity (Wildman–Crippen MR) is 148 cm³/mol. The van der Waals surface area contributed by atoms with Crippen molar-refractivity contribution < 1.29 is 44.7 Å². The van der Waals surface area contributed by atoms with Gasteiger partial charge in [0.15, 0.2) is 17.1 Å². The molecule has 5 rings (SSSR count). The van der Waals surface area contributed by atoms with Crippen molar-refractivity contribution >= 4 is 29.2 Å². The summed E-state index contributed by atoms with van der Waals surface area (Å²) in [7, 11) is 4.88. The Kier molecular flexibility index (Phi) is 7.08. The average Bonchev–Trinajstić information content (AvgIpc) is 2.92. The van der Waals surface area contributed by atoms with E-state index in [4.69, 9.17) is 5.73 Å². The molecule has 14 nitrogen and oxygen atoms in total. The quantitative estimate of drug-likeness (QED) is 0.176. The third-order valence-corrected chi connectivity index (χ3v) is 9.16. The number of nitrogens with one attached hydrogen (secondary N) is 1. The number of amides is 3. The number of primary amides is 1. The number of fused-ring (bicyclic) bond motifs is 3. The van der Waals surface area contributed by atoms with Gasteiger partial charge in [-0.15, -0.1) is 0 Å². The van der Waals surface area contributed by atoms with Gasteiger partial charge in [0.25, 0.3) is 5.91 Å². The third-order valence-electron chi connectivity index (χ3n) is 9.16. The summed E-state index contributed by atoms with van der Waals surface area (Å²) in [5.41, 5.74) is 0.849. The molecule has 1 heterocycles. The maximum atomic E-state index is 14.0. The number of aliphatic hydroxyl groups is 4. The van der Waals surface area contributed by atoms with E-state index in [9.17, 15) is 44.7 Å². The van der Waals surface area contributed by atoms with E-state index in [0.717, 1.165) is 0 Å². The molecular weight excluding hydrogens is 550 g/mol. The number of rotatable bonds is 3. The van der Waals surface area contributed by atoms with Gasteiger partial charge in [0, 0.05) is 37.7 Å². The smallest absolute Gasteiger partial charge is 0.322 e. The number of nitrogens with zero attached hydrogens (tertiary/aromatic N) is 3. The standard InChI is InChI=1S/C28H35N5O9/c1-11-12-5-6-13(30-27(41)33-9-7-32(4)8-10-33)20(34)15(12)21(35)16-14(11)22(36)18-19(31(2)3)23(37)17(26(29)40)25(39)28(18,42)24(16)38/h5-6,11,14,18-19,22,34,36-38,42H,7-10H2,1-4H3,(H2,29,40)(H,30,41). The monoisotopic (exact) mass is 585 g/mol. The molecular formula is C28H35N5O9. The number of likely N-dealkylation sites (N-methyl/N-ethyl adjacent to an activating group) is 2. The van der Waals surface area contributed by atoms with Gasteiger partial charge in [-0.3, -0.25) is 19.3 Å². The highest BCUT2D eigenvalue weighted by Crippen LogP contribution is 2.56. The second kappa shape index (κ2) is 10.1. The second-order valence-electron chi connectivity index (χ2n) is 11.7. The zero-order valence-corrected chi connectivity index (χ0v) is 23.7. The zero-order valence-electron chi connectivity index (χ0n) is 23.7. The van der Waals surface area contributed by atoms with Crippen LogP contribution in [0.4, 0.5) is 10.5 Å². The third kappa shape index (κ3) is 4.01. The van der Waals surface area contributed by atoms with Gasteiger partial charge in [0.2, 0.25) is 5.78 Å². The number of phenolic OH excluding ortho intramolecular Hbond substituents is 1.